The molecular weight excluding hydrogens is 516 g/mol. The Morgan fingerprint density at radius 2 is 1.41 bits per heavy atom. The first-order chi connectivity index (χ1) is 19.9. The van der Waals surface area contributed by atoms with Crippen LogP contribution in [-0.2, 0) is 0 Å². The molecular formula is C34H34N2O5. The maximum Gasteiger partial charge on any atom is 0.336 e. The molecule has 0 aliphatic heterocycles. The topological polar surface area (TPSA) is 125 Å². The number of ketones is 1. The maximum atomic E-state index is 12.4. The standard InChI is InChI=1S/C34H34N2O5/c35-28-15-19-33(31(36)23-28)41-21-7-2-1-6-20-40-29-16-12-24(13-17-29)27-11-10-25(30(22-27)34(38)39)14-18-32(37)26-8-4-3-5-9-26/h3-5,8-19,22-23H,1-2,6-7,20-21,35-36H2,(H,38,39). The summed E-state index contributed by atoms with van der Waals surface area (Å²) in [4.78, 5) is 24.3. The molecule has 4 rings (SSSR count). The molecule has 0 atom stereocenters. The Bertz CT molecular complexity index is 1500. The van der Waals surface area contributed by atoms with Gasteiger partial charge in [0.1, 0.15) is 11.5 Å². The second-order valence-electron chi connectivity index (χ2n) is 9.60. The smallest absolute Gasteiger partial charge is 0.336 e. The summed E-state index contributed by atoms with van der Waals surface area (Å²) in [5.74, 6) is 0.178. The molecule has 7 heteroatoms. The van der Waals surface area contributed by atoms with Crippen LogP contribution in [0, 0.1) is 0 Å². The minimum Gasteiger partial charge on any atom is -0.494 e. The first kappa shape index (κ1) is 29.0. The zero-order valence-corrected chi connectivity index (χ0v) is 22.8. The molecule has 0 amide bonds. The zero-order valence-electron chi connectivity index (χ0n) is 22.8. The summed E-state index contributed by atoms with van der Waals surface area (Å²) in [6.07, 6.45) is 6.84. The average molecular weight is 551 g/mol. The Hall–Kier alpha value is -5.04. The number of allylic oxidation sites excluding steroid dienone is 1. The zero-order chi connectivity index (χ0) is 29.0. The molecule has 0 aliphatic rings. The fourth-order valence-corrected chi connectivity index (χ4v) is 4.30. The van der Waals surface area contributed by atoms with E-state index in [1.165, 1.54) is 6.08 Å². The molecule has 5 N–H and O–H groups in total. The van der Waals surface area contributed by atoms with Crippen molar-refractivity contribution in [2.24, 2.45) is 0 Å². The summed E-state index contributed by atoms with van der Waals surface area (Å²) in [6, 6.07) is 26.9. The van der Waals surface area contributed by atoms with Crippen LogP contribution in [0.4, 0.5) is 11.4 Å². The number of anilines is 2. The number of carboxylic acids is 1. The molecule has 0 heterocycles. The monoisotopic (exact) mass is 550 g/mol. The van der Waals surface area contributed by atoms with Crippen molar-refractivity contribution >= 4 is 29.2 Å². The fourth-order valence-electron chi connectivity index (χ4n) is 4.30. The summed E-state index contributed by atoms with van der Waals surface area (Å²) in [5, 5.41) is 9.77. The second-order valence-corrected chi connectivity index (χ2v) is 9.60. The highest BCUT2D eigenvalue weighted by Crippen LogP contribution is 2.26. The third-order valence-electron chi connectivity index (χ3n) is 6.54. The summed E-state index contributed by atoms with van der Waals surface area (Å²) < 4.78 is 11.6. The van der Waals surface area contributed by atoms with Crippen LogP contribution in [0.3, 0.4) is 0 Å². The van der Waals surface area contributed by atoms with Crippen molar-refractivity contribution in [1.82, 2.24) is 0 Å². The Labute approximate surface area is 240 Å². The van der Waals surface area contributed by atoms with E-state index in [4.69, 9.17) is 20.9 Å². The summed E-state index contributed by atoms with van der Waals surface area (Å²) in [7, 11) is 0. The van der Waals surface area contributed by atoms with Crippen LogP contribution in [-0.4, -0.2) is 30.1 Å². The van der Waals surface area contributed by atoms with Crippen LogP contribution in [0.25, 0.3) is 17.2 Å². The SMILES string of the molecule is Nc1ccc(OCCCCCCOc2ccc(-c3ccc(C=CC(=O)c4ccccc4)c(C(=O)O)c3)cc2)c(N)c1. The number of ether oxygens (including phenoxy) is 2. The number of nitrogens with two attached hydrogens (primary N) is 2. The largest absolute Gasteiger partial charge is 0.494 e. The van der Waals surface area contributed by atoms with Crippen molar-refractivity contribution in [2.45, 2.75) is 25.7 Å². The van der Waals surface area contributed by atoms with E-state index in [1.807, 2.05) is 36.4 Å². The van der Waals surface area contributed by atoms with E-state index in [-0.39, 0.29) is 11.3 Å². The number of aromatic carboxylic acids is 1. The number of nitrogen functional groups attached to an aromatic ring is 2. The van der Waals surface area contributed by atoms with Gasteiger partial charge in [-0.15, -0.1) is 0 Å². The molecule has 0 bridgehead atoms. The van der Waals surface area contributed by atoms with Crippen molar-refractivity contribution < 1.29 is 24.2 Å². The van der Waals surface area contributed by atoms with Crippen LogP contribution in [0.15, 0.2) is 97.1 Å². The fraction of sp³-hybridized carbons (Fsp3) is 0.176. The highest BCUT2D eigenvalue weighted by atomic mass is 16.5. The third kappa shape index (κ3) is 8.47. The van der Waals surface area contributed by atoms with E-state index >= 15 is 0 Å². The third-order valence-corrected chi connectivity index (χ3v) is 6.54. The minimum absolute atomic E-state index is 0.127. The normalized spacial score (nSPS) is 10.9. The lowest BCUT2D eigenvalue weighted by Gasteiger charge is -2.10. The number of carboxylic acid groups (broad SMARTS) is 1. The molecule has 41 heavy (non-hydrogen) atoms. The van der Waals surface area contributed by atoms with E-state index in [1.54, 1.807) is 60.7 Å². The predicted octanol–water partition coefficient (Wildman–Crippen LogP) is 7.13. The quantitative estimate of drug-likeness (QED) is 0.0660. The number of carbonyl (C=O) groups excluding carboxylic acids is 1. The van der Waals surface area contributed by atoms with Gasteiger partial charge < -0.3 is 26.0 Å². The van der Waals surface area contributed by atoms with Gasteiger partial charge >= 0.3 is 5.97 Å². The first-order valence-electron chi connectivity index (χ1n) is 13.6. The molecule has 0 saturated carbocycles. The molecule has 0 aliphatic carbocycles. The molecule has 0 saturated heterocycles. The summed E-state index contributed by atoms with van der Waals surface area (Å²) >= 11 is 0. The molecule has 0 radical (unpaired) electrons. The van der Waals surface area contributed by atoms with Crippen LogP contribution in [0.1, 0.15) is 52.0 Å². The lowest BCUT2D eigenvalue weighted by Crippen LogP contribution is -2.02. The van der Waals surface area contributed by atoms with Gasteiger partial charge in [0, 0.05) is 11.3 Å². The van der Waals surface area contributed by atoms with Crippen LogP contribution < -0.4 is 20.9 Å². The summed E-state index contributed by atoms with van der Waals surface area (Å²) in [5.41, 5.74) is 15.5. The lowest BCUT2D eigenvalue weighted by atomic mass is 9.98. The number of hydrogen-bond donors (Lipinski definition) is 3. The number of hydrogen-bond acceptors (Lipinski definition) is 6. The number of rotatable bonds is 14. The van der Waals surface area contributed by atoms with Crippen LogP contribution in [0.5, 0.6) is 11.5 Å². The molecule has 0 unspecified atom stereocenters. The highest BCUT2D eigenvalue weighted by Gasteiger charge is 2.11. The van der Waals surface area contributed by atoms with Gasteiger partial charge in [-0.3, -0.25) is 4.79 Å². The van der Waals surface area contributed by atoms with Gasteiger partial charge in [-0.2, -0.15) is 0 Å². The second kappa shape index (κ2) is 14.4. The van der Waals surface area contributed by atoms with Gasteiger partial charge in [0.2, 0.25) is 0 Å². The van der Waals surface area contributed by atoms with Crippen LogP contribution in [0.2, 0.25) is 0 Å². The van der Waals surface area contributed by atoms with Gasteiger partial charge in [0.05, 0.1) is 24.5 Å². The van der Waals surface area contributed by atoms with Gasteiger partial charge in [0.25, 0.3) is 0 Å². The van der Waals surface area contributed by atoms with Crippen molar-refractivity contribution in [2.75, 3.05) is 24.7 Å². The Morgan fingerprint density at radius 3 is 2.10 bits per heavy atom. The molecule has 0 spiro atoms. The summed E-state index contributed by atoms with van der Waals surface area (Å²) in [6.45, 7) is 1.21. The number of benzene rings is 4. The molecule has 7 nitrogen and oxygen atoms in total. The Kier molecular flexibility index (Phi) is 10.2. The van der Waals surface area contributed by atoms with Gasteiger partial charge in [0.15, 0.2) is 5.78 Å². The number of carbonyl (C=O) groups is 2. The first-order valence-corrected chi connectivity index (χ1v) is 13.6. The van der Waals surface area contributed by atoms with Crippen molar-refractivity contribution in [3.8, 4) is 22.6 Å². The van der Waals surface area contributed by atoms with Gasteiger partial charge in [-0.05, 0) is 84.8 Å². The van der Waals surface area contributed by atoms with Crippen molar-refractivity contribution in [3.05, 3.63) is 114 Å². The van der Waals surface area contributed by atoms with E-state index < -0.39 is 5.97 Å². The van der Waals surface area contributed by atoms with E-state index in [0.29, 0.717) is 41.5 Å². The van der Waals surface area contributed by atoms with Gasteiger partial charge in [-0.1, -0.05) is 60.7 Å². The molecule has 0 fully saturated rings. The van der Waals surface area contributed by atoms with Crippen LogP contribution >= 0.6 is 0 Å². The molecule has 210 valence electrons. The predicted molar refractivity (Wildman–Crippen MR) is 163 cm³/mol. The lowest BCUT2D eigenvalue weighted by molar-refractivity contribution is 0.0696. The van der Waals surface area contributed by atoms with Gasteiger partial charge in [-0.25, -0.2) is 4.79 Å². The minimum atomic E-state index is -1.06. The molecule has 0 aromatic heterocycles. The average Bonchev–Trinajstić information content (AvgIpc) is 2.99. The Balaban J connectivity index is 1.23. The molecule has 4 aromatic rings. The highest BCUT2D eigenvalue weighted by molar-refractivity contribution is 6.07. The van der Waals surface area contributed by atoms with E-state index in [2.05, 4.69) is 0 Å². The Morgan fingerprint density at radius 1 is 0.732 bits per heavy atom. The maximum absolute atomic E-state index is 12.4. The number of unbranched alkanes of at least 4 members (excludes halogenated alkanes) is 3. The van der Waals surface area contributed by atoms with Crippen molar-refractivity contribution in [3.63, 3.8) is 0 Å². The van der Waals surface area contributed by atoms with E-state index in [0.717, 1.165) is 42.6 Å². The van der Waals surface area contributed by atoms with E-state index in [9.17, 15) is 14.7 Å². The van der Waals surface area contributed by atoms with Crippen molar-refractivity contribution in [1.29, 1.82) is 0 Å². The molecule has 4 aromatic carbocycles.